The molecule has 0 aromatic carbocycles. The Morgan fingerprint density at radius 2 is 2.15 bits per heavy atom. The molecule has 1 N–H and O–H groups in total. The highest BCUT2D eigenvalue weighted by Crippen LogP contribution is 2.27. The van der Waals surface area contributed by atoms with Crippen LogP contribution in [0.5, 0.6) is 0 Å². The number of aliphatic carboxylic acids is 1. The van der Waals surface area contributed by atoms with Gasteiger partial charge in [-0.25, -0.2) is 4.79 Å². The van der Waals surface area contributed by atoms with Crippen LogP contribution in [0.4, 0.5) is 0 Å². The highest BCUT2D eigenvalue weighted by molar-refractivity contribution is 7.10. The van der Waals surface area contributed by atoms with E-state index in [0.717, 1.165) is 42.2 Å². The van der Waals surface area contributed by atoms with Crippen molar-refractivity contribution < 1.29 is 14.7 Å². The van der Waals surface area contributed by atoms with Gasteiger partial charge in [-0.2, -0.15) is 0 Å². The SMILES string of the molecule is CN(Cc1cc(C=CC(=O)O)cs1)C(=O)C1CCCC1. The van der Waals surface area contributed by atoms with Crippen molar-refractivity contribution in [3.05, 3.63) is 28.0 Å². The quantitative estimate of drug-likeness (QED) is 0.849. The second-order valence-electron chi connectivity index (χ2n) is 5.19. The first-order valence-corrected chi connectivity index (χ1v) is 7.67. The smallest absolute Gasteiger partial charge is 0.328 e. The molecule has 20 heavy (non-hydrogen) atoms. The maximum atomic E-state index is 12.2. The number of nitrogens with zero attached hydrogens (tertiary/aromatic N) is 1. The zero-order chi connectivity index (χ0) is 14.5. The molecular formula is C15H19NO3S. The molecule has 1 heterocycles. The lowest BCUT2D eigenvalue weighted by Gasteiger charge is -2.20. The zero-order valence-corrected chi connectivity index (χ0v) is 12.4. The lowest BCUT2D eigenvalue weighted by molar-refractivity contribution is -0.134. The molecule has 1 amide bonds. The molecule has 0 saturated heterocycles. The number of hydrogen-bond donors (Lipinski definition) is 1. The molecule has 0 unspecified atom stereocenters. The standard InChI is InChI=1S/C15H19NO3S/c1-16(15(19)12-4-2-3-5-12)9-13-8-11(10-20-13)6-7-14(17)18/h6-8,10,12H,2-5,9H2,1H3,(H,17,18). The van der Waals surface area contributed by atoms with Gasteiger partial charge in [0.1, 0.15) is 0 Å². The summed E-state index contributed by atoms with van der Waals surface area (Å²) in [7, 11) is 1.84. The minimum absolute atomic E-state index is 0.200. The molecule has 1 saturated carbocycles. The van der Waals surface area contributed by atoms with Crippen LogP contribution in [-0.4, -0.2) is 28.9 Å². The molecule has 108 valence electrons. The normalized spacial score (nSPS) is 15.8. The Labute approximate surface area is 122 Å². The van der Waals surface area contributed by atoms with Gasteiger partial charge in [0.15, 0.2) is 0 Å². The maximum absolute atomic E-state index is 12.2. The Bertz CT molecular complexity index is 515. The molecule has 0 aliphatic heterocycles. The average molecular weight is 293 g/mol. The molecule has 0 atom stereocenters. The van der Waals surface area contributed by atoms with Gasteiger partial charge in [-0.05, 0) is 35.9 Å². The molecule has 1 aliphatic carbocycles. The Hall–Kier alpha value is -1.62. The van der Waals surface area contributed by atoms with E-state index in [9.17, 15) is 9.59 Å². The second-order valence-corrected chi connectivity index (χ2v) is 6.19. The number of amides is 1. The van der Waals surface area contributed by atoms with Gasteiger partial charge in [-0.15, -0.1) is 11.3 Å². The molecule has 5 heteroatoms. The molecule has 1 aromatic heterocycles. The molecule has 1 fully saturated rings. The van der Waals surface area contributed by atoms with Crippen LogP contribution < -0.4 is 0 Å². The first-order chi connectivity index (χ1) is 9.56. The summed E-state index contributed by atoms with van der Waals surface area (Å²) in [4.78, 5) is 25.5. The van der Waals surface area contributed by atoms with Gasteiger partial charge in [-0.3, -0.25) is 4.79 Å². The molecule has 2 rings (SSSR count). The summed E-state index contributed by atoms with van der Waals surface area (Å²) in [6, 6.07) is 1.93. The summed E-state index contributed by atoms with van der Waals surface area (Å²) in [6.07, 6.45) is 7.04. The van der Waals surface area contributed by atoms with E-state index in [-0.39, 0.29) is 11.8 Å². The first kappa shape index (κ1) is 14.8. The number of carbonyl (C=O) groups is 2. The lowest BCUT2D eigenvalue weighted by atomic mass is 10.1. The zero-order valence-electron chi connectivity index (χ0n) is 11.5. The van der Waals surface area contributed by atoms with Gasteiger partial charge in [0.05, 0.1) is 6.54 Å². The van der Waals surface area contributed by atoms with Crippen molar-refractivity contribution in [3.8, 4) is 0 Å². The summed E-state index contributed by atoms with van der Waals surface area (Å²) in [5.74, 6) is -0.517. The van der Waals surface area contributed by atoms with Crippen molar-refractivity contribution in [2.75, 3.05) is 7.05 Å². The molecule has 1 aliphatic rings. The van der Waals surface area contributed by atoms with E-state index in [2.05, 4.69) is 0 Å². The second kappa shape index (κ2) is 6.70. The van der Waals surface area contributed by atoms with Gasteiger partial charge in [0.2, 0.25) is 5.91 Å². The highest BCUT2D eigenvalue weighted by atomic mass is 32.1. The summed E-state index contributed by atoms with van der Waals surface area (Å²) in [5.41, 5.74) is 0.870. The van der Waals surface area contributed by atoms with E-state index < -0.39 is 5.97 Å². The third-order valence-electron chi connectivity index (χ3n) is 3.57. The summed E-state index contributed by atoms with van der Waals surface area (Å²) < 4.78 is 0. The fraction of sp³-hybridized carbons (Fsp3) is 0.467. The van der Waals surface area contributed by atoms with Crippen LogP contribution in [-0.2, 0) is 16.1 Å². The van der Waals surface area contributed by atoms with Gasteiger partial charge < -0.3 is 10.0 Å². The Morgan fingerprint density at radius 3 is 2.80 bits per heavy atom. The van der Waals surface area contributed by atoms with Crippen molar-refractivity contribution in [2.24, 2.45) is 5.92 Å². The fourth-order valence-electron chi connectivity index (χ4n) is 2.53. The van der Waals surface area contributed by atoms with E-state index in [0.29, 0.717) is 6.54 Å². The Morgan fingerprint density at radius 1 is 1.45 bits per heavy atom. The summed E-state index contributed by atoms with van der Waals surface area (Å²) >= 11 is 1.55. The van der Waals surface area contributed by atoms with E-state index in [4.69, 9.17) is 5.11 Å². The number of carboxylic acid groups (broad SMARTS) is 1. The van der Waals surface area contributed by atoms with Gasteiger partial charge in [0, 0.05) is 23.9 Å². The molecule has 1 aromatic rings. The van der Waals surface area contributed by atoms with E-state index in [1.807, 2.05) is 18.5 Å². The molecule has 4 nitrogen and oxygen atoms in total. The topological polar surface area (TPSA) is 57.6 Å². The van der Waals surface area contributed by atoms with Crippen molar-refractivity contribution in [1.29, 1.82) is 0 Å². The number of thiophene rings is 1. The minimum atomic E-state index is -0.953. The molecular weight excluding hydrogens is 274 g/mol. The van der Waals surface area contributed by atoms with Gasteiger partial charge in [-0.1, -0.05) is 12.8 Å². The van der Waals surface area contributed by atoms with Crippen LogP contribution in [0.15, 0.2) is 17.5 Å². The van der Waals surface area contributed by atoms with E-state index in [1.54, 1.807) is 22.3 Å². The molecule has 0 bridgehead atoms. The van der Waals surface area contributed by atoms with Crippen molar-refractivity contribution in [1.82, 2.24) is 4.90 Å². The number of carbonyl (C=O) groups excluding carboxylic acids is 1. The number of hydrogen-bond acceptors (Lipinski definition) is 3. The van der Waals surface area contributed by atoms with Crippen molar-refractivity contribution in [2.45, 2.75) is 32.2 Å². The van der Waals surface area contributed by atoms with Crippen molar-refractivity contribution >= 4 is 29.3 Å². The summed E-state index contributed by atoms with van der Waals surface area (Å²) in [6.45, 7) is 0.598. The maximum Gasteiger partial charge on any atom is 0.328 e. The number of carboxylic acids is 1. The van der Waals surface area contributed by atoms with E-state index >= 15 is 0 Å². The molecule has 0 radical (unpaired) electrons. The Balaban J connectivity index is 1.92. The highest BCUT2D eigenvalue weighted by Gasteiger charge is 2.25. The number of rotatable bonds is 5. The third-order valence-corrected chi connectivity index (χ3v) is 4.51. The van der Waals surface area contributed by atoms with Crippen LogP contribution in [0.25, 0.3) is 6.08 Å². The van der Waals surface area contributed by atoms with Crippen LogP contribution >= 0.6 is 11.3 Å². The van der Waals surface area contributed by atoms with Crippen LogP contribution in [0.2, 0.25) is 0 Å². The van der Waals surface area contributed by atoms with Crippen LogP contribution in [0, 0.1) is 5.92 Å². The van der Waals surface area contributed by atoms with Crippen LogP contribution in [0.1, 0.15) is 36.1 Å². The van der Waals surface area contributed by atoms with Crippen LogP contribution in [0.3, 0.4) is 0 Å². The average Bonchev–Trinajstić information content (AvgIpc) is 3.06. The summed E-state index contributed by atoms with van der Waals surface area (Å²) in [5, 5.41) is 10.5. The largest absolute Gasteiger partial charge is 0.478 e. The van der Waals surface area contributed by atoms with E-state index in [1.165, 1.54) is 0 Å². The predicted octanol–water partition coefficient (Wildman–Crippen LogP) is 2.99. The molecule has 0 spiro atoms. The fourth-order valence-corrected chi connectivity index (χ4v) is 3.44. The first-order valence-electron chi connectivity index (χ1n) is 6.79. The minimum Gasteiger partial charge on any atom is -0.478 e. The predicted molar refractivity (Wildman–Crippen MR) is 79.4 cm³/mol. The van der Waals surface area contributed by atoms with Crippen molar-refractivity contribution in [3.63, 3.8) is 0 Å². The third kappa shape index (κ3) is 3.93. The Kier molecular flexibility index (Phi) is 4.95. The monoisotopic (exact) mass is 293 g/mol. The van der Waals surface area contributed by atoms with Gasteiger partial charge in [0.25, 0.3) is 0 Å². The van der Waals surface area contributed by atoms with Gasteiger partial charge >= 0.3 is 5.97 Å². The lowest BCUT2D eigenvalue weighted by Crippen LogP contribution is -2.31.